The van der Waals surface area contributed by atoms with Crippen molar-refractivity contribution in [2.24, 2.45) is 17.8 Å². The Labute approximate surface area is 171 Å². The van der Waals surface area contributed by atoms with E-state index in [-0.39, 0.29) is 11.5 Å². The van der Waals surface area contributed by atoms with Gasteiger partial charge in [-0.1, -0.05) is 6.07 Å². The van der Waals surface area contributed by atoms with Crippen LogP contribution in [0.4, 0.5) is 10.3 Å². The molecule has 6 nitrogen and oxygen atoms in total. The normalized spacial score (nSPS) is 22.6. The summed E-state index contributed by atoms with van der Waals surface area (Å²) >= 11 is 0. The Hall–Kier alpha value is -2.06. The highest BCUT2D eigenvalue weighted by Gasteiger charge is 2.43. The SMILES string of the molecule is CS(=O)(=O)c1ccc(COC[C@@H]2C[C@@H]2C2CCN(c3ncccn3)CC2)c(F)c1. The van der Waals surface area contributed by atoms with Gasteiger partial charge in [-0.15, -0.1) is 0 Å². The van der Waals surface area contributed by atoms with Crippen molar-refractivity contribution in [3.05, 3.63) is 48.0 Å². The van der Waals surface area contributed by atoms with Crippen LogP contribution in [0.3, 0.4) is 0 Å². The molecule has 1 aliphatic carbocycles. The quantitative estimate of drug-likeness (QED) is 0.687. The first-order valence-corrected chi connectivity index (χ1v) is 11.9. The van der Waals surface area contributed by atoms with Crippen molar-refractivity contribution in [3.8, 4) is 0 Å². The van der Waals surface area contributed by atoms with Crippen LogP contribution in [-0.4, -0.2) is 44.3 Å². The van der Waals surface area contributed by atoms with Crippen molar-refractivity contribution in [3.63, 3.8) is 0 Å². The molecule has 2 aromatic rings. The Morgan fingerprint density at radius 1 is 1.21 bits per heavy atom. The van der Waals surface area contributed by atoms with Crippen LogP contribution in [0.25, 0.3) is 0 Å². The van der Waals surface area contributed by atoms with E-state index in [4.69, 9.17) is 4.74 Å². The number of hydrogen-bond acceptors (Lipinski definition) is 6. The fourth-order valence-electron chi connectivity index (χ4n) is 4.22. The largest absolute Gasteiger partial charge is 0.376 e. The first kappa shape index (κ1) is 20.2. The van der Waals surface area contributed by atoms with Gasteiger partial charge in [-0.25, -0.2) is 22.8 Å². The topological polar surface area (TPSA) is 72.4 Å². The Kier molecular flexibility index (Phi) is 5.83. The van der Waals surface area contributed by atoms with Gasteiger partial charge >= 0.3 is 0 Å². The fraction of sp³-hybridized carbons (Fsp3) is 0.524. The summed E-state index contributed by atoms with van der Waals surface area (Å²) in [6, 6.07) is 5.83. The summed E-state index contributed by atoms with van der Waals surface area (Å²) in [6.07, 6.45) is 8.08. The zero-order valence-electron chi connectivity index (χ0n) is 16.5. The number of aromatic nitrogens is 2. The molecule has 0 spiro atoms. The maximum absolute atomic E-state index is 14.1. The molecular formula is C21H26FN3O3S. The smallest absolute Gasteiger partial charge is 0.225 e. The van der Waals surface area contributed by atoms with E-state index in [1.54, 1.807) is 12.4 Å². The third kappa shape index (κ3) is 4.93. The molecule has 1 saturated heterocycles. The Morgan fingerprint density at radius 3 is 2.59 bits per heavy atom. The molecule has 0 bridgehead atoms. The summed E-state index contributed by atoms with van der Waals surface area (Å²) in [7, 11) is -3.40. The van der Waals surface area contributed by atoms with Gasteiger partial charge in [0, 0.05) is 37.3 Å². The second-order valence-corrected chi connectivity index (χ2v) is 10.1. The van der Waals surface area contributed by atoms with E-state index in [0.29, 0.717) is 29.9 Å². The van der Waals surface area contributed by atoms with Gasteiger partial charge in [0.15, 0.2) is 9.84 Å². The Balaban J connectivity index is 1.21. The monoisotopic (exact) mass is 419 g/mol. The number of piperidine rings is 1. The molecule has 8 heteroatoms. The molecule has 4 rings (SSSR count). The van der Waals surface area contributed by atoms with E-state index < -0.39 is 15.7 Å². The van der Waals surface area contributed by atoms with Crippen molar-refractivity contribution in [1.29, 1.82) is 0 Å². The van der Waals surface area contributed by atoms with Gasteiger partial charge in [0.25, 0.3) is 0 Å². The lowest BCUT2D eigenvalue weighted by Gasteiger charge is -2.32. The lowest BCUT2D eigenvalue weighted by atomic mass is 9.91. The van der Waals surface area contributed by atoms with E-state index in [2.05, 4.69) is 14.9 Å². The number of ether oxygens (including phenoxy) is 1. The molecule has 2 aliphatic rings. The van der Waals surface area contributed by atoms with E-state index in [0.717, 1.165) is 44.2 Å². The highest BCUT2D eigenvalue weighted by Crippen LogP contribution is 2.48. The molecule has 29 heavy (non-hydrogen) atoms. The van der Waals surface area contributed by atoms with Crippen molar-refractivity contribution in [2.45, 2.75) is 30.8 Å². The highest BCUT2D eigenvalue weighted by atomic mass is 32.2. The number of benzene rings is 1. The summed E-state index contributed by atoms with van der Waals surface area (Å²) in [6.45, 7) is 2.76. The zero-order valence-corrected chi connectivity index (χ0v) is 17.3. The number of hydrogen-bond donors (Lipinski definition) is 0. The van der Waals surface area contributed by atoms with E-state index in [9.17, 15) is 12.8 Å². The van der Waals surface area contributed by atoms with Crippen LogP contribution in [0, 0.1) is 23.6 Å². The molecule has 2 heterocycles. The fourth-order valence-corrected chi connectivity index (χ4v) is 4.85. The molecule has 156 valence electrons. The average Bonchev–Trinajstić information content (AvgIpc) is 3.49. The van der Waals surface area contributed by atoms with Crippen LogP contribution in [-0.2, 0) is 21.2 Å². The summed E-state index contributed by atoms with van der Waals surface area (Å²) < 4.78 is 42.8. The maximum atomic E-state index is 14.1. The van der Waals surface area contributed by atoms with Gasteiger partial charge in [0.1, 0.15) is 5.82 Å². The average molecular weight is 420 g/mol. The first-order chi connectivity index (χ1) is 13.9. The molecule has 2 fully saturated rings. The number of rotatable bonds is 7. The van der Waals surface area contributed by atoms with Gasteiger partial charge in [-0.05, 0) is 55.2 Å². The molecule has 0 N–H and O–H groups in total. The maximum Gasteiger partial charge on any atom is 0.225 e. The van der Waals surface area contributed by atoms with Gasteiger partial charge in [-0.3, -0.25) is 0 Å². The van der Waals surface area contributed by atoms with Crippen LogP contribution in [0.15, 0.2) is 41.6 Å². The summed E-state index contributed by atoms with van der Waals surface area (Å²) in [5.74, 6) is 2.21. The van der Waals surface area contributed by atoms with Crippen LogP contribution in [0.1, 0.15) is 24.8 Å². The third-order valence-corrected chi connectivity index (χ3v) is 7.11. The number of nitrogens with zero attached hydrogens (tertiary/aromatic N) is 3. The van der Waals surface area contributed by atoms with Gasteiger partial charge in [0.2, 0.25) is 5.95 Å². The van der Waals surface area contributed by atoms with Gasteiger partial charge in [0.05, 0.1) is 18.1 Å². The third-order valence-electron chi connectivity index (χ3n) is 6.00. The molecule has 1 saturated carbocycles. The predicted octanol–water partition coefficient (Wildman–Crippen LogP) is 3.09. The zero-order chi connectivity index (χ0) is 20.4. The minimum atomic E-state index is -3.40. The molecular weight excluding hydrogens is 393 g/mol. The number of anilines is 1. The standard InChI is InChI=1S/C21H26FN3O3S/c1-29(26,27)18-4-3-16(20(22)12-18)13-28-14-17-11-19(17)15-5-9-25(10-6-15)21-23-7-2-8-24-21/h2-4,7-8,12,15,17,19H,5-6,9-11,13-14H2,1H3/t17-,19+/m0/s1. The van der Waals surface area contributed by atoms with Crippen LogP contribution < -0.4 is 4.90 Å². The first-order valence-electron chi connectivity index (χ1n) is 10.00. The van der Waals surface area contributed by atoms with Crippen molar-refractivity contribution >= 4 is 15.8 Å². The molecule has 2 atom stereocenters. The molecule has 1 aromatic carbocycles. The lowest BCUT2D eigenvalue weighted by Crippen LogP contribution is -2.35. The van der Waals surface area contributed by atoms with Crippen molar-refractivity contribution in [1.82, 2.24) is 9.97 Å². The highest BCUT2D eigenvalue weighted by molar-refractivity contribution is 7.90. The van der Waals surface area contributed by atoms with E-state index in [1.165, 1.54) is 18.6 Å². The lowest BCUT2D eigenvalue weighted by molar-refractivity contribution is 0.102. The van der Waals surface area contributed by atoms with E-state index >= 15 is 0 Å². The number of halogens is 1. The number of sulfone groups is 1. The molecule has 0 radical (unpaired) electrons. The predicted molar refractivity (Wildman–Crippen MR) is 108 cm³/mol. The van der Waals surface area contributed by atoms with Crippen LogP contribution in [0.5, 0.6) is 0 Å². The minimum Gasteiger partial charge on any atom is -0.376 e. The molecule has 1 aliphatic heterocycles. The minimum absolute atomic E-state index is 0.00625. The second kappa shape index (κ2) is 8.36. The van der Waals surface area contributed by atoms with Crippen LogP contribution >= 0.6 is 0 Å². The second-order valence-electron chi connectivity index (χ2n) is 8.07. The molecule has 1 aromatic heterocycles. The summed E-state index contributed by atoms with van der Waals surface area (Å²) in [5, 5.41) is 0. The van der Waals surface area contributed by atoms with E-state index in [1.807, 2.05) is 6.07 Å². The van der Waals surface area contributed by atoms with Crippen molar-refractivity contribution < 1.29 is 17.5 Å². The van der Waals surface area contributed by atoms with Crippen LogP contribution in [0.2, 0.25) is 0 Å². The molecule has 0 unspecified atom stereocenters. The van der Waals surface area contributed by atoms with Gasteiger partial charge < -0.3 is 9.64 Å². The Bertz CT molecular complexity index is 947. The molecule has 0 amide bonds. The summed E-state index contributed by atoms with van der Waals surface area (Å²) in [5.41, 5.74) is 0.394. The van der Waals surface area contributed by atoms with Crippen molar-refractivity contribution in [2.75, 3.05) is 30.9 Å². The summed E-state index contributed by atoms with van der Waals surface area (Å²) in [4.78, 5) is 10.9. The van der Waals surface area contributed by atoms with Gasteiger partial charge in [-0.2, -0.15) is 0 Å². The Morgan fingerprint density at radius 2 is 1.93 bits per heavy atom.